The van der Waals surface area contributed by atoms with E-state index in [1.807, 2.05) is 37.3 Å². The number of halogens is 1. The Hall–Kier alpha value is -3.75. The molecule has 0 amide bonds. The molecule has 148 valence electrons. The molecule has 3 aromatic rings. The van der Waals surface area contributed by atoms with Crippen LogP contribution in [0.4, 0.5) is 0 Å². The Labute approximate surface area is 178 Å². The lowest BCUT2D eigenvalue weighted by molar-refractivity contribution is 0.0734. The van der Waals surface area contributed by atoms with Crippen molar-refractivity contribution in [2.24, 2.45) is 5.73 Å². The number of nitrogens with two attached hydrogens (primary N) is 1. The summed E-state index contributed by atoms with van der Waals surface area (Å²) >= 11 is 6.39. The van der Waals surface area contributed by atoms with E-state index in [0.717, 1.165) is 11.1 Å². The highest BCUT2D eigenvalue weighted by atomic mass is 35.5. The van der Waals surface area contributed by atoms with Crippen molar-refractivity contribution >= 4 is 17.6 Å². The summed E-state index contributed by atoms with van der Waals surface area (Å²) in [7, 11) is 0. The van der Waals surface area contributed by atoms with Crippen molar-refractivity contribution in [2.45, 2.75) is 12.8 Å². The van der Waals surface area contributed by atoms with Crippen LogP contribution in [0.1, 0.15) is 33.0 Å². The second-order valence-electron chi connectivity index (χ2n) is 6.90. The van der Waals surface area contributed by atoms with Gasteiger partial charge in [0.1, 0.15) is 23.1 Å². The van der Waals surface area contributed by atoms with Gasteiger partial charge in [0.15, 0.2) is 0 Å². The summed E-state index contributed by atoms with van der Waals surface area (Å²) in [6.45, 7) is 1.94. The molecular formula is C24H17ClN2O3. The van der Waals surface area contributed by atoms with Gasteiger partial charge in [0, 0.05) is 16.7 Å². The lowest BCUT2D eigenvalue weighted by atomic mass is 9.83. The summed E-state index contributed by atoms with van der Waals surface area (Å²) in [6.07, 6.45) is 0. The van der Waals surface area contributed by atoms with Crippen molar-refractivity contribution in [2.75, 3.05) is 0 Å². The SMILES string of the molecule is Cc1ccc(C(=O)Oc2ccc3c(c2)OC(N)=C(C#N)C3c2ccccc2Cl)cc1. The highest BCUT2D eigenvalue weighted by Gasteiger charge is 2.32. The Morgan fingerprint density at radius 1 is 1.10 bits per heavy atom. The number of fused-ring (bicyclic) bond motifs is 1. The highest BCUT2D eigenvalue weighted by Crippen LogP contribution is 2.45. The molecule has 0 saturated heterocycles. The van der Waals surface area contributed by atoms with Crippen LogP contribution in [0.3, 0.4) is 0 Å². The van der Waals surface area contributed by atoms with Crippen LogP contribution >= 0.6 is 11.6 Å². The van der Waals surface area contributed by atoms with Gasteiger partial charge >= 0.3 is 5.97 Å². The van der Waals surface area contributed by atoms with Crippen molar-refractivity contribution in [1.82, 2.24) is 0 Å². The molecule has 0 saturated carbocycles. The van der Waals surface area contributed by atoms with Gasteiger partial charge in [-0.05, 0) is 36.8 Å². The zero-order chi connectivity index (χ0) is 21.3. The molecule has 0 bridgehead atoms. The molecule has 4 rings (SSSR count). The normalized spacial score (nSPS) is 15.0. The Bertz CT molecular complexity index is 1210. The third kappa shape index (κ3) is 3.61. The average Bonchev–Trinajstić information content (AvgIpc) is 2.73. The number of carbonyl (C=O) groups excluding carboxylic acids is 1. The van der Waals surface area contributed by atoms with Gasteiger partial charge in [-0.15, -0.1) is 0 Å². The fourth-order valence-electron chi connectivity index (χ4n) is 3.38. The highest BCUT2D eigenvalue weighted by molar-refractivity contribution is 6.31. The number of ether oxygens (including phenoxy) is 2. The number of allylic oxidation sites excluding steroid dienone is 1. The van der Waals surface area contributed by atoms with Gasteiger partial charge in [0.25, 0.3) is 0 Å². The molecule has 0 aliphatic carbocycles. The first-order chi connectivity index (χ1) is 14.5. The second kappa shape index (κ2) is 7.94. The number of rotatable bonds is 3. The third-order valence-corrected chi connectivity index (χ3v) is 5.25. The summed E-state index contributed by atoms with van der Waals surface area (Å²) in [5.74, 6) is -0.239. The van der Waals surface area contributed by atoms with E-state index in [2.05, 4.69) is 6.07 Å². The third-order valence-electron chi connectivity index (χ3n) is 4.90. The number of hydrogen-bond acceptors (Lipinski definition) is 5. The molecule has 1 aliphatic rings. The van der Waals surface area contributed by atoms with E-state index in [9.17, 15) is 10.1 Å². The van der Waals surface area contributed by atoms with Crippen molar-refractivity contribution in [1.29, 1.82) is 5.26 Å². The number of nitriles is 1. The number of benzene rings is 3. The average molecular weight is 417 g/mol. The fraction of sp³-hybridized carbons (Fsp3) is 0.0833. The molecule has 1 heterocycles. The summed E-state index contributed by atoms with van der Waals surface area (Å²) in [6, 6.07) is 21.5. The van der Waals surface area contributed by atoms with Gasteiger partial charge in [0.05, 0.1) is 11.5 Å². The first-order valence-electron chi connectivity index (χ1n) is 9.22. The Balaban J connectivity index is 1.70. The van der Waals surface area contributed by atoms with Crippen molar-refractivity contribution in [3.63, 3.8) is 0 Å². The van der Waals surface area contributed by atoms with Crippen LogP contribution in [0.2, 0.25) is 5.02 Å². The van der Waals surface area contributed by atoms with Crippen molar-refractivity contribution in [3.05, 3.63) is 105 Å². The van der Waals surface area contributed by atoms with Crippen molar-refractivity contribution < 1.29 is 14.3 Å². The first-order valence-corrected chi connectivity index (χ1v) is 9.60. The lowest BCUT2D eigenvalue weighted by Crippen LogP contribution is -2.21. The number of nitrogens with zero attached hydrogens (tertiary/aromatic N) is 1. The van der Waals surface area contributed by atoms with Crippen LogP contribution < -0.4 is 15.2 Å². The van der Waals surface area contributed by atoms with Crippen LogP contribution in [-0.4, -0.2) is 5.97 Å². The summed E-state index contributed by atoms with van der Waals surface area (Å²) in [5, 5.41) is 10.2. The Morgan fingerprint density at radius 2 is 1.83 bits per heavy atom. The van der Waals surface area contributed by atoms with Gasteiger partial charge in [0.2, 0.25) is 5.88 Å². The minimum absolute atomic E-state index is 0.00284. The fourth-order valence-corrected chi connectivity index (χ4v) is 3.63. The van der Waals surface area contributed by atoms with Gasteiger partial charge in [-0.3, -0.25) is 0 Å². The van der Waals surface area contributed by atoms with E-state index in [4.69, 9.17) is 26.8 Å². The van der Waals surface area contributed by atoms with Crippen LogP contribution in [0.15, 0.2) is 78.2 Å². The monoisotopic (exact) mass is 416 g/mol. The molecule has 2 N–H and O–H groups in total. The van der Waals surface area contributed by atoms with Crippen molar-refractivity contribution in [3.8, 4) is 17.6 Å². The molecule has 30 heavy (non-hydrogen) atoms. The van der Waals surface area contributed by atoms with Crippen LogP contribution in [0.25, 0.3) is 0 Å². The lowest BCUT2D eigenvalue weighted by Gasteiger charge is -2.27. The predicted octanol–water partition coefficient (Wildman–Crippen LogP) is 5.09. The first kappa shape index (κ1) is 19.6. The predicted molar refractivity (Wildman–Crippen MR) is 113 cm³/mol. The maximum atomic E-state index is 12.4. The van der Waals surface area contributed by atoms with Gasteiger partial charge in [-0.25, -0.2) is 4.79 Å². The molecular weight excluding hydrogens is 400 g/mol. The summed E-state index contributed by atoms with van der Waals surface area (Å²) in [4.78, 5) is 12.4. The minimum Gasteiger partial charge on any atom is -0.440 e. The summed E-state index contributed by atoms with van der Waals surface area (Å²) < 4.78 is 11.2. The van der Waals surface area contributed by atoms with E-state index < -0.39 is 11.9 Å². The number of carbonyl (C=O) groups is 1. The second-order valence-corrected chi connectivity index (χ2v) is 7.31. The van der Waals surface area contributed by atoms with Gasteiger partial charge in [-0.1, -0.05) is 53.6 Å². The molecule has 6 heteroatoms. The van der Waals surface area contributed by atoms with E-state index >= 15 is 0 Å². The van der Waals surface area contributed by atoms with Crippen LogP contribution in [-0.2, 0) is 0 Å². The van der Waals surface area contributed by atoms with E-state index in [0.29, 0.717) is 27.6 Å². The van der Waals surface area contributed by atoms with E-state index in [1.165, 1.54) is 0 Å². The zero-order valence-corrected chi connectivity index (χ0v) is 16.8. The molecule has 0 radical (unpaired) electrons. The van der Waals surface area contributed by atoms with Crippen LogP contribution in [0.5, 0.6) is 11.5 Å². The molecule has 1 aliphatic heterocycles. The van der Waals surface area contributed by atoms with Gasteiger partial charge < -0.3 is 15.2 Å². The number of aryl methyl sites for hydroxylation is 1. The molecule has 3 aromatic carbocycles. The van der Waals surface area contributed by atoms with E-state index in [-0.39, 0.29) is 11.5 Å². The van der Waals surface area contributed by atoms with Crippen LogP contribution in [0, 0.1) is 18.3 Å². The topological polar surface area (TPSA) is 85.3 Å². The molecule has 1 unspecified atom stereocenters. The Kier molecular flexibility index (Phi) is 5.18. The molecule has 0 fully saturated rings. The largest absolute Gasteiger partial charge is 0.440 e. The van der Waals surface area contributed by atoms with Gasteiger partial charge in [-0.2, -0.15) is 5.26 Å². The molecule has 0 aromatic heterocycles. The summed E-state index contributed by atoms with van der Waals surface area (Å²) in [5.41, 5.74) is 9.25. The maximum absolute atomic E-state index is 12.4. The molecule has 0 spiro atoms. The number of esters is 1. The quantitative estimate of drug-likeness (QED) is 0.475. The minimum atomic E-state index is -0.477. The Morgan fingerprint density at radius 3 is 2.53 bits per heavy atom. The zero-order valence-electron chi connectivity index (χ0n) is 16.1. The smallest absolute Gasteiger partial charge is 0.343 e. The molecule has 5 nitrogen and oxygen atoms in total. The number of hydrogen-bond donors (Lipinski definition) is 1. The van der Waals surface area contributed by atoms with E-state index in [1.54, 1.807) is 36.4 Å². The standard InChI is InChI=1S/C24H17ClN2O3/c1-14-6-8-15(9-7-14)24(28)29-16-10-11-18-21(12-16)30-23(27)19(13-26)22(18)17-4-2-3-5-20(17)25/h2-12,22H,27H2,1H3. The maximum Gasteiger partial charge on any atom is 0.343 e. The molecule has 1 atom stereocenters.